The summed E-state index contributed by atoms with van der Waals surface area (Å²) in [6.07, 6.45) is 2.92. The number of hydrogen-bond donors (Lipinski definition) is 2. The third-order valence-corrected chi connectivity index (χ3v) is 9.30. The van der Waals surface area contributed by atoms with E-state index in [2.05, 4.69) is 12.1 Å². The molecule has 2 N–H and O–H groups in total. The maximum absolute atomic E-state index is 13.2. The fourth-order valence-electron chi connectivity index (χ4n) is 7.38. The summed E-state index contributed by atoms with van der Waals surface area (Å²) in [5.41, 5.74) is 12.7. The van der Waals surface area contributed by atoms with Crippen LogP contribution in [0.3, 0.4) is 0 Å². The quantitative estimate of drug-likeness (QED) is 0.0926. The number of Topliss-reactive ketones (excluding diaryl/α,β-unsaturated/α-hetero) is 2. The van der Waals surface area contributed by atoms with Crippen LogP contribution in [0.15, 0.2) is 81.8 Å². The van der Waals surface area contributed by atoms with E-state index in [0.29, 0.717) is 11.1 Å². The summed E-state index contributed by atoms with van der Waals surface area (Å²) < 4.78 is 0. The Morgan fingerprint density at radius 1 is 0.462 bits per heavy atom. The number of carbonyl (C=O) groups is 2. The molecule has 0 unspecified atom stereocenters. The van der Waals surface area contributed by atoms with Crippen molar-refractivity contribution in [1.29, 1.82) is 0 Å². The second-order valence-corrected chi connectivity index (χ2v) is 14.5. The number of nitrogens with zero attached hydrogens (tertiary/aromatic N) is 2. The monoisotopic (exact) mass is 696 g/mol. The Hall–Kier alpha value is -5.36. The molecule has 0 heterocycles. The number of benzene rings is 4. The van der Waals surface area contributed by atoms with E-state index in [-0.39, 0.29) is 34.2 Å². The Bertz CT molecular complexity index is 1940. The van der Waals surface area contributed by atoms with Crippen molar-refractivity contribution in [2.24, 2.45) is 9.98 Å². The lowest BCUT2D eigenvalue weighted by Gasteiger charge is -2.24. The van der Waals surface area contributed by atoms with Crippen LogP contribution < -0.4 is 0 Å². The molecule has 4 rings (SSSR count). The first-order valence-electron chi connectivity index (χ1n) is 17.6. The summed E-state index contributed by atoms with van der Waals surface area (Å²) in [4.78, 5) is 36.6. The minimum Gasteiger partial charge on any atom is -0.506 e. The Morgan fingerprint density at radius 3 is 0.962 bits per heavy atom. The van der Waals surface area contributed by atoms with Gasteiger partial charge in [0.15, 0.2) is 11.6 Å². The smallest absolute Gasteiger partial charge is 0.165 e. The third kappa shape index (κ3) is 9.10. The minimum atomic E-state index is -0.684. The van der Waals surface area contributed by atoms with Crippen LogP contribution in [0.25, 0.3) is 11.5 Å². The molecule has 0 radical (unpaired) electrons. The molecule has 0 amide bonds. The molecule has 0 aliphatic rings. The number of ketones is 2. The predicted molar refractivity (Wildman–Crippen MR) is 216 cm³/mol. The predicted octanol–water partition coefficient (Wildman–Crippen LogP) is 10.8. The van der Waals surface area contributed by atoms with E-state index in [4.69, 9.17) is 9.98 Å². The van der Waals surface area contributed by atoms with E-state index in [9.17, 15) is 19.8 Å². The highest BCUT2D eigenvalue weighted by Gasteiger charge is 2.27. The fourth-order valence-corrected chi connectivity index (χ4v) is 7.38. The lowest BCUT2D eigenvalue weighted by Crippen LogP contribution is -2.13. The van der Waals surface area contributed by atoms with Gasteiger partial charge in [0.05, 0.1) is 11.1 Å². The fraction of sp³-hybridized carbons (Fsp3) is 0.304. The Labute approximate surface area is 309 Å². The van der Waals surface area contributed by atoms with Crippen LogP contribution in [-0.4, -0.2) is 34.2 Å². The van der Waals surface area contributed by atoms with Gasteiger partial charge in [0.1, 0.15) is 23.6 Å². The zero-order valence-corrected chi connectivity index (χ0v) is 32.7. The maximum Gasteiger partial charge on any atom is 0.165 e. The number of aliphatic hydroxyl groups excluding tert-OH is 2. The number of aliphatic imine (C=N–C) groups is 2. The van der Waals surface area contributed by atoms with Gasteiger partial charge in [0.25, 0.3) is 0 Å². The number of carbonyl (C=O) groups excluding carboxylic acids is 2. The molecule has 0 aliphatic carbocycles. The summed E-state index contributed by atoms with van der Waals surface area (Å²) in [6.45, 7) is 22.6. The van der Waals surface area contributed by atoms with Gasteiger partial charge in [-0.15, -0.1) is 0 Å². The van der Waals surface area contributed by atoms with Gasteiger partial charge in [-0.05, 0) is 116 Å². The average Bonchev–Trinajstić information content (AvgIpc) is 2.99. The molecule has 0 aromatic heterocycles. The van der Waals surface area contributed by atoms with E-state index in [0.717, 1.165) is 66.8 Å². The van der Waals surface area contributed by atoms with E-state index in [1.807, 2.05) is 118 Å². The molecular weight excluding hydrogens is 645 g/mol. The normalized spacial score (nSPS) is 14.0. The van der Waals surface area contributed by atoms with E-state index in [1.165, 1.54) is 26.3 Å². The molecule has 2 atom stereocenters. The van der Waals surface area contributed by atoms with Gasteiger partial charge in [-0.3, -0.25) is 19.6 Å². The van der Waals surface area contributed by atoms with E-state index in [1.54, 1.807) is 0 Å². The van der Waals surface area contributed by atoms with Gasteiger partial charge in [-0.25, -0.2) is 0 Å². The molecule has 0 saturated heterocycles. The second-order valence-electron chi connectivity index (χ2n) is 14.5. The van der Waals surface area contributed by atoms with Crippen LogP contribution in [0.4, 0.5) is 0 Å². The highest BCUT2D eigenvalue weighted by atomic mass is 16.3. The number of allylic oxidation sites excluding steroid dienone is 2. The van der Waals surface area contributed by atoms with Crippen molar-refractivity contribution < 1.29 is 19.8 Å². The molecule has 6 nitrogen and oxygen atoms in total. The lowest BCUT2D eigenvalue weighted by molar-refractivity contribution is -0.114. The molecule has 0 spiro atoms. The molecule has 0 fully saturated rings. The van der Waals surface area contributed by atoms with Crippen molar-refractivity contribution in [2.45, 2.75) is 95.2 Å². The average molecular weight is 697 g/mol. The van der Waals surface area contributed by atoms with Crippen LogP contribution in [0.5, 0.6) is 0 Å². The minimum absolute atomic E-state index is 0.0832. The van der Waals surface area contributed by atoms with Gasteiger partial charge in [0, 0.05) is 23.6 Å². The van der Waals surface area contributed by atoms with Crippen molar-refractivity contribution in [3.63, 3.8) is 0 Å². The lowest BCUT2D eigenvalue weighted by atomic mass is 9.90. The molecular formula is C46H52N2O4. The Kier molecular flexibility index (Phi) is 12.4. The molecule has 270 valence electrons. The Morgan fingerprint density at radius 2 is 0.712 bits per heavy atom. The van der Waals surface area contributed by atoms with Crippen LogP contribution in [0, 0.1) is 69.2 Å². The molecule has 4 aromatic carbocycles. The van der Waals surface area contributed by atoms with Gasteiger partial charge >= 0.3 is 0 Å². The summed E-state index contributed by atoms with van der Waals surface area (Å²) in [7, 11) is 0. The van der Waals surface area contributed by atoms with Gasteiger partial charge in [-0.1, -0.05) is 94.0 Å². The number of hydrogen-bond acceptors (Lipinski definition) is 6. The first kappa shape index (κ1) is 39.4. The SMILES string of the molecule is CC(=O)/C(C=N[C@@H](c1cc(C)cc(C)c1)[C@@H](N=C/C(C(C)=O)=C(\O)c1c(C)cc(C)cc1C)c1cc(C)cc(C)c1)=C(/O)c1c(C)cc(C)cc1C. The first-order valence-corrected chi connectivity index (χ1v) is 17.6. The largest absolute Gasteiger partial charge is 0.506 e. The maximum atomic E-state index is 13.2. The molecule has 0 bridgehead atoms. The molecule has 4 aromatic rings. The van der Waals surface area contributed by atoms with Crippen molar-refractivity contribution in [3.8, 4) is 0 Å². The zero-order valence-electron chi connectivity index (χ0n) is 32.7. The van der Waals surface area contributed by atoms with Gasteiger partial charge in [-0.2, -0.15) is 0 Å². The molecule has 0 saturated carbocycles. The summed E-state index contributed by atoms with van der Waals surface area (Å²) >= 11 is 0. The zero-order chi connectivity index (χ0) is 38.6. The number of rotatable bonds is 11. The van der Waals surface area contributed by atoms with Crippen molar-refractivity contribution >= 4 is 35.5 Å². The van der Waals surface area contributed by atoms with Crippen molar-refractivity contribution in [1.82, 2.24) is 0 Å². The summed E-state index contributed by atoms with van der Waals surface area (Å²) in [5, 5.41) is 23.3. The first-order chi connectivity index (χ1) is 24.4. The van der Waals surface area contributed by atoms with Gasteiger partial charge < -0.3 is 10.2 Å². The standard InChI is InChI=1S/C46H52N2O4/c1-25-13-26(2)20-37(19-25)43(47-23-39(35(11)49)45(51)41-31(7)15-29(5)16-32(41)8)44(38-21-27(3)14-28(4)22-38)48-24-40(36(12)50)46(52)42-33(9)17-30(6)18-34(42)10/h13-24,43-44,51-52H,1-12H3/b45-39+,46-40+,47-23?,48-24?/t43-,44-/m0/s1. The molecule has 52 heavy (non-hydrogen) atoms. The summed E-state index contributed by atoms with van der Waals surface area (Å²) in [6, 6.07) is 18.9. The van der Waals surface area contributed by atoms with Crippen LogP contribution in [0.1, 0.15) is 104 Å². The highest BCUT2D eigenvalue weighted by Crippen LogP contribution is 2.38. The highest BCUT2D eigenvalue weighted by molar-refractivity contribution is 6.18. The Balaban J connectivity index is 2.04. The van der Waals surface area contributed by atoms with Crippen LogP contribution in [-0.2, 0) is 9.59 Å². The van der Waals surface area contributed by atoms with E-state index < -0.39 is 12.1 Å². The van der Waals surface area contributed by atoms with Crippen LogP contribution in [0.2, 0.25) is 0 Å². The topological polar surface area (TPSA) is 99.3 Å². The van der Waals surface area contributed by atoms with E-state index >= 15 is 0 Å². The van der Waals surface area contributed by atoms with Crippen molar-refractivity contribution in [2.75, 3.05) is 0 Å². The van der Waals surface area contributed by atoms with Crippen molar-refractivity contribution in [3.05, 3.63) is 150 Å². The second kappa shape index (κ2) is 16.3. The summed E-state index contributed by atoms with van der Waals surface area (Å²) in [5.74, 6) is -0.927. The third-order valence-electron chi connectivity index (χ3n) is 9.30. The number of aryl methyl sites for hydroxylation is 10. The molecule has 0 aliphatic heterocycles. The number of aliphatic hydroxyl groups is 2. The van der Waals surface area contributed by atoms with Gasteiger partial charge in [0.2, 0.25) is 0 Å². The van der Waals surface area contributed by atoms with Crippen LogP contribution >= 0.6 is 0 Å². The molecule has 6 heteroatoms.